The van der Waals surface area contributed by atoms with Gasteiger partial charge in [0.15, 0.2) is 0 Å². The van der Waals surface area contributed by atoms with Crippen molar-refractivity contribution in [2.75, 3.05) is 32.1 Å². The SMILES string of the molecule is CN(CCC1CCCN1C)C(=O)c1ccc2n1Cc1ccccc1N(C(=O)c1ccc(C3CCCCC3)cc1)C2. The molecule has 2 fully saturated rings. The van der Waals surface area contributed by atoms with Crippen molar-refractivity contribution in [1.82, 2.24) is 14.4 Å². The first-order valence-electron chi connectivity index (χ1n) is 15.1. The highest BCUT2D eigenvalue weighted by molar-refractivity contribution is 6.06. The lowest BCUT2D eigenvalue weighted by atomic mass is 9.84. The maximum Gasteiger partial charge on any atom is 0.270 e. The fourth-order valence-corrected chi connectivity index (χ4v) is 7.00. The molecule has 6 heteroatoms. The van der Waals surface area contributed by atoms with Crippen molar-refractivity contribution in [3.05, 3.63) is 88.7 Å². The summed E-state index contributed by atoms with van der Waals surface area (Å²) in [4.78, 5) is 33.7. The van der Waals surface area contributed by atoms with E-state index in [0.29, 0.717) is 36.3 Å². The van der Waals surface area contributed by atoms with Crippen LogP contribution in [-0.4, -0.2) is 59.4 Å². The minimum atomic E-state index is 0.00275. The number of hydrogen-bond acceptors (Lipinski definition) is 3. The Morgan fingerprint density at radius 2 is 1.65 bits per heavy atom. The molecule has 1 aliphatic carbocycles. The molecule has 3 heterocycles. The van der Waals surface area contributed by atoms with Crippen LogP contribution in [0, 0.1) is 0 Å². The van der Waals surface area contributed by atoms with Crippen LogP contribution < -0.4 is 4.90 Å². The molecular weight excluding hydrogens is 496 g/mol. The van der Waals surface area contributed by atoms with Crippen molar-refractivity contribution < 1.29 is 9.59 Å². The van der Waals surface area contributed by atoms with Crippen LogP contribution >= 0.6 is 0 Å². The summed E-state index contributed by atoms with van der Waals surface area (Å²) < 4.78 is 2.11. The molecule has 1 saturated heterocycles. The van der Waals surface area contributed by atoms with Crippen molar-refractivity contribution >= 4 is 17.5 Å². The summed E-state index contributed by atoms with van der Waals surface area (Å²) in [5, 5.41) is 0. The molecule has 1 unspecified atom stereocenters. The number of para-hydroxylation sites is 1. The number of likely N-dealkylation sites (tertiary alicyclic amines) is 1. The van der Waals surface area contributed by atoms with Crippen LogP contribution in [0.3, 0.4) is 0 Å². The lowest BCUT2D eigenvalue weighted by Gasteiger charge is -2.24. The number of hydrogen-bond donors (Lipinski definition) is 0. The fraction of sp³-hybridized carbons (Fsp3) is 0.471. The molecule has 6 rings (SSSR count). The largest absolute Gasteiger partial charge is 0.340 e. The molecule has 0 radical (unpaired) electrons. The molecule has 2 amide bonds. The summed E-state index contributed by atoms with van der Waals surface area (Å²) >= 11 is 0. The van der Waals surface area contributed by atoms with Crippen molar-refractivity contribution in [3.8, 4) is 0 Å². The third-order valence-electron chi connectivity index (χ3n) is 9.52. The second kappa shape index (κ2) is 11.6. The molecule has 1 saturated carbocycles. The zero-order chi connectivity index (χ0) is 27.6. The van der Waals surface area contributed by atoms with Gasteiger partial charge in [-0.15, -0.1) is 0 Å². The summed E-state index contributed by atoms with van der Waals surface area (Å²) in [6.07, 6.45) is 9.88. The van der Waals surface area contributed by atoms with Crippen LogP contribution in [0.15, 0.2) is 60.7 Å². The molecule has 2 aliphatic heterocycles. The Morgan fingerprint density at radius 1 is 0.875 bits per heavy atom. The Hall–Kier alpha value is -3.38. The molecule has 40 heavy (non-hydrogen) atoms. The maximum atomic E-state index is 13.9. The van der Waals surface area contributed by atoms with Gasteiger partial charge in [0, 0.05) is 36.6 Å². The molecular formula is C34H42N4O2. The van der Waals surface area contributed by atoms with Gasteiger partial charge in [0.05, 0.1) is 13.1 Å². The molecule has 210 valence electrons. The summed E-state index contributed by atoms with van der Waals surface area (Å²) in [7, 11) is 4.09. The van der Waals surface area contributed by atoms with Gasteiger partial charge in [-0.2, -0.15) is 0 Å². The Morgan fingerprint density at radius 3 is 2.40 bits per heavy atom. The van der Waals surface area contributed by atoms with Gasteiger partial charge in [0.2, 0.25) is 0 Å². The van der Waals surface area contributed by atoms with E-state index < -0.39 is 0 Å². The number of aromatic nitrogens is 1. The fourth-order valence-electron chi connectivity index (χ4n) is 7.00. The lowest BCUT2D eigenvalue weighted by Crippen LogP contribution is -2.34. The van der Waals surface area contributed by atoms with E-state index in [1.165, 1.54) is 50.5 Å². The number of anilines is 1. The molecule has 1 aromatic heterocycles. The van der Waals surface area contributed by atoms with Gasteiger partial charge in [-0.05, 0) is 93.1 Å². The Bertz CT molecular complexity index is 1350. The Balaban J connectivity index is 1.22. The zero-order valence-corrected chi connectivity index (χ0v) is 24.0. The Kier molecular flexibility index (Phi) is 7.79. The van der Waals surface area contributed by atoms with E-state index in [9.17, 15) is 9.59 Å². The number of amides is 2. The van der Waals surface area contributed by atoms with Gasteiger partial charge in [-0.1, -0.05) is 49.6 Å². The molecule has 2 aromatic carbocycles. The van der Waals surface area contributed by atoms with Gasteiger partial charge in [-0.3, -0.25) is 9.59 Å². The number of carbonyl (C=O) groups is 2. The van der Waals surface area contributed by atoms with Crippen LogP contribution in [0.25, 0.3) is 0 Å². The van der Waals surface area contributed by atoms with Crippen LogP contribution in [0.5, 0.6) is 0 Å². The molecule has 0 bridgehead atoms. The highest BCUT2D eigenvalue weighted by atomic mass is 16.2. The molecule has 0 spiro atoms. The van der Waals surface area contributed by atoms with E-state index in [2.05, 4.69) is 34.7 Å². The predicted molar refractivity (Wildman–Crippen MR) is 160 cm³/mol. The predicted octanol–water partition coefficient (Wildman–Crippen LogP) is 6.30. The quantitative estimate of drug-likeness (QED) is 0.370. The second-order valence-electron chi connectivity index (χ2n) is 12.1. The standard InChI is InChI=1S/C34H42N4O2/c1-35-21-8-12-29(35)20-22-36(2)34(40)32-19-18-30-24-38(31-13-7-6-11-28(31)23-37(30)32)33(39)27-16-14-26(15-17-27)25-9-4-3-5-10-25/h6-7,11,13-19,25,29H,3-5,8-10,12,20-24H2,1-2H3. The van der Waals surface area contributed by atoms with Crippen LogP contribution in [0.4, 0.5) is 5.69 Å². The maximum absolute atomic E-state index is 13.9. The normalized spacial score (nSPS) is 19.6. The van der Waals surface area contributed by atoms with Gasteiger partial charge in [0.1, 0.15) is 5.69 Å². The van der Waals surface area contributed by atoms with E-state index in [1.807, 2.05) is 59.3 Å². The highest BCUT2D eigenvalue weighted by Crippen LogP contribution is 2.34. The van der Waals surface area contributed by atoms with E-state index in [0.717, 1.165) is 36.5 Å². The van der Waals surface area contributed by atoms with Crippen LogP contribution in [0.2, 0.25) is 0 Å². The lowest BCUT2D eigenvalue weighted by molar-refractivity contribution is 0.0773. The smallest absolute Gasteiger partial charge is 0.270 e. The average molecular weight is 539 g/mol. The molecule has 0 N–H and O–H groups in total. The van der Waals surface area contributed by atoms with Crippen molar-refractivity contribution in [2.24, 2.45) is 0 Å². The molecule has 3 aliphatic rings. The molecule has 3 aromatic rings. The monoisotopic (exact) mass is 538 g/mol. The van der Waals surface area contributed by atoms with E-state index >= 15 is 0 Å². The topological polar surface area (TPSA) is 48.8 Å². The first-order valence-corrected chi connectivity index (χ1v) is 15.1. The number of benzene rings is 2. The van der Waals surface area contributed by atoms with Gasteiger partial charge in [-0.25, -0.2) is 0 Å². The highest BCUT2D eigenvalue weighted by Gasteiger charge is 2.29. The Labute approximate surface area is 238 Å². The first kappa shape index (κ1) is 26.8. The van der Waals surface area contributed by atoms with E-state index in [1.54, 1.807) is 0 Å². The van der Waals surface area contributed by atoms with Crippen LogP contribution in [0.1, 0.15) is 95.0 Å². The van der Waals surface area contributed by atoms with Gasteiger partial charge < -0.3 is 19.3 Å². The first-order chi connectivity index (χ1) is 19.5. The number of rotatable bonds is 6. The number of fused-ring (bicyclic) bond motifs is 2. The van der Waals surface area contributed by atoms with Crippen molar-refractivity contribution in [1.29, 1.82) is 0 Å². The minimum Gasteiger partial charge on any atom is -0.340 e. The van der Waals surface area contributed by atoms with Gasteiger partial charge in [0.25, 0.3) is 11.8 Å². The second-order valence-corrected chi connectivity index (χ2v) is 12.1. The molecule has 6 nitrogen and oxygen atoms in total. The van der Waals surface area contributed by atoms with Gasteiger partial charge >= 0.3 is 0 Å². The zero-order valence-electron chi connectivity index (χ0n) is 24.0. The van der Waals surface area contributed by atoms with Crippen molar-refractivity contribution in [3.63, 3.8) is 0 Å². The van der Waals surface area contributed by atoms with E-state index in [4.69, 9.17) is 0 Å². The van der Waals surface area contributed by atoms with E-state index in [-0.39, 0.29) is 11.8 Å². The third-order valence-corrected chi connectivity index (χ3v) is 9.52. The van der Waals surface area contributed by atoms with Crippen molar-refractivity contribution in [2.45, 2.75) is 76.4 Å². The number of nitrogens with zero attached hydrogens (tertiary/aromatic N) is 4. The summed E-state index contributed by atoms with van der Waals surface area (Å²) in [6.45, 7) is 2.90. The average Bonchev–Trinajstić information content (AvgIpc) is 3.55. The summed E-state index contributed by atoms with van der Waals surface area (Å²) in [5.74, 6) is 0.665. The summed E-state index contributed by atoms with van der Waals surface area (Å²) in [6, 6.07) is 20.9. The summed E-state index contributed by atoms with van der Waals surface area (Å²) in [5.41, 5.74) is 5.71. The van der Waals surface area contributed by atoms with Crippen LogP contribution in [-0.2, 0) is 13.1 Å². The molecule has 1 atom stereocenters. The third kappa shape index (κ3) is 5.34. The number of carbonyl (C=O) groups excluding carboxylic acids is 2. The minimum absolute atomic E-state index is 0.00275.